The third kappa shape index (κ3) is 2.26. The topological polar surface area (TPSA) is 30.2 Å². The van der Waals surface area contributed by atoms with Gasteiger partial charge < -0.3 is 4.42 Å². The smallest absolute Gasteiger partial charge is 0.185 e. The maximum absolute atomic E-state index is 10.2. The van der Waals surface area contributed by atoms with Crippen LogP contribution in [-0.4, -0.2) is 13.6 Å². The molecule has 0 aliphatic carbocycles. The maximum Gasteiger partial charge on any atom is 0.185 e. The number of aldehydes is 1. The van der Waals surface area contributed by atoms with Crippen molar-refractivity contribution in [2.75, 3.05) is 0 Å². The second-order valence-corrected chi connectivity index (χ2v) is 2.53. The van der Waals surface area contributed by atoms with Crippen LogP contribution in [0.2, 0.25) is 13.1 Å². The van der Waals surface area contributed by atoms with Crippen molar-refractivity contribution in [3.8, 4) is 0 Å². The predicted molar refractivity (Wildman–Crippen MR) is 45.6 cm³/mol. The Morgan fingerprint density at radius 3 is 3.00 bits per heavy atom. The molecule has 2 nitrogen and oxygen atoms in total. The fourth-order valence-corrected chi connectivity index (χ4v) is 0.943. The Morgan fingerprint density at radius 2 is 2.45 bits per heavy atom. The maximum atomic E-state index is 10.2. The van der Waals surface area contributed by atoms with Crippen molar-refractivity contribution in [1.29, 1.82) is 0 Å². The summed E-state index contributed by atoms with van der Waals surface area (Å²) in [5.74, 6) is 1.34. The lowest BCUT2D eigenvalue weighted by atomic mass is 9.76. The second kappa shape index (κ2) is 4.01. The second-order valence-electron chi connectivity index (χ2n) is 2.53. The molecule has 0 amide bonds. The number of rotatable bonds is 4. The summed E-state index contributed by atoms with van der Waals surface area (Å²) >= 11 is 0. The molecule has 1 heterocycles. The summed E-state index contributed by atoms with van der Waals surface area (Å²) in [6.07, 6.45) is 2.78. The summed E-state index contributed by atoms with van der Waals surface area (Å²) in [4.78, 5) is 10.2. The highest BCUT2D eigenvalue weighted by molar-refractivity contribution is 6.33. The number of hydrogen-bond acceptors (Lipinski definition) is 2. The van der Waals surface area contributed by atoms with Crippen molar-refractivity contribution >= 4 is 13.6 Å². The molecule has 0 atom stereocenters. The van der Waals surface area contributed by atoms with Gasteiger partial charge in [0.05, 0.1) is 0 Å². The molecule has 0 fully saturated rings. The lowest BCUT2D eigenvalue weighted by molar-refractivity contribution is 0.109. The summed E-state index contributed by atoms with van der Waals surface area (Å²) in [7, 11) is 1.15. The zero-order chi connectivity index (χ0) is 8.10. The number of furan rings is 1. The molecule has 0 spiro atoms. The first kappa shape index (κ1) is 8.11. The van der Waals surface area contributed by atoms with Crippen LogP contribution in [0.1, 0.15) is 16.3 Å². The van der Waals surface area contributed by atoms with Gasteiger partial charge in [-0.1, -0.05) is 13.1 Å². The van der Waals surface area contributed by atoms with E-state index < -0.39 is 0 Å². The van der Waals surface area contributed by atoms with Gasteiger partial charge in [0.15, 0.2) is 12.0 Å². The standard InChI is InChI=1S/C8H11BO2/c1-9-5-4-7-2-3-8(6-10)11-7/h2-3,6,9H,4-5H2,1H3. The van der Waals surface area contributed by atoms with Gasteiger partial charge in [0.1, 0.15) is 13.0 Å². The van der Waals surface area contributed by atoms with Crippen molar-refractivity contribution in [3.63, 3.8) is 0 Å². The highest BCUT2D eigenvalue weighted by Gasteiger charge is 1.98. The van der Waals surface area contributed by atoms with Gasteiger partial charge in [0.2, 0.25) is 0 Å². The van der Waals surface area contributed by atoms with E-state index in [1.807, 2.05) is 6.07 Å². The van der Waals surface area contributed by atoms with Gasteiger partial charge >= 0.3 is 0 Å². The first-order valence-electron chi connectivity index (χ1n) is 3.90. The molecule has 0 unspecified atom stereocenters. The third-order valence-electron chi connectivity index (χ3n) is 1.58. The highest BCUT2D eigenvalue weighted by Crippen LogP contribution is 2.07. The normalized spacial score (nSPS) is 9.55. The summed E-state index contributed by atoms with van der Waals surface area (Å²) in [5, 5.41) is 0. The van der Waals surface area contributed by atoms with Crippen LogP contribution in [0.5, 0.6) is 0 Å². The van der Waals surface area contributed by atoms with Gasteiger partial charge in [-0.2, -0.15) is 0 Å². The zero-order valence-electron chi connectivity index (χ0n) is 6.67. The number of hydrogen-bond donors (Lipinski definition) is 0. The van der Waals surface area contributed by atoms with E-state index in [0.717, 1.165) is 32.1 Å². The molecular weight excluding hydrogens is 139 g/mol. The lowest BCUT2D eigenvalue weighted by Crippen LogP contribution is -1.85. The summed E-state index contributed by atoms with van der Waals surface area (Å²) < 4.78 is 5.17. The highest BCUT2D eigenvalue weighted by atomic mass is 16.3. The van der Waals surface area contributed by atoms with Crippen LogP contribution < -0.4 is 0 Å². The van der Waals surface area contributed by atoms with E-state index in [1.54, 1.807) is 6.07 Å². The molecule has 11 heavy (non-hydrogen) atoms. The minimum absolute atomic E-state index is 0.427. The van der Waals surface area contributed by atoms with Gasteiger partial charge in [-0.25, -0.2) is 0 Å². The molecule has 0 radical (unpaired) electrons. The molecule has 1 aromatic rings. The summed E-state index contributed by atoms with van der Waals surface area (Å²) in [6, 6.07) is 3.57. The van der Waals surface area contributed by atoms with E-state index in [2.05, 4.69) is 6.82 Å². The molecule has 0 aliphatic rings. The van der Waals surface area contributed by atoms with Crippen molar-refractivity contribution in [3.05, 3.63) is 23.7 Å². The molecule has 0 saturated carbocycles. The van der Waals surface area contributed by atoms with Crippen molar-refractivity contribution in [2.24, 2.45) is 0 Å². The minimum Gasteiger partial charge on any atom is -0.458 e. The quantitative estimate of drug-likeness (QED) is 0.481. The van der Waals surface area contributed by atoms with E-state index >= 15 is 0 Å². The molecule has 0 bridgehead atoms. The molecule has 0 N–H and O–H groups in total. The third-order valence-corrected chi connectivity index (χ3v) is 1.58. The van der Waals surface area contributed by atoms with Gasteiger partial charge in [0, 0.05) is 0 Å². The van der Waals surface area contributed by atoms with Crippen LogP contribution in [0.4, 0.5) is 0 Å². The Balaban J connectivity index is 2.51. The van der Waals surface area contributed by atoms with E-state index in [9.17, 15) is 4.79 Å². The van der Waals surface area contributed by atoms with Crippen LogP contribution in [0.15, 0.2) is 16.5 Å². The fourth-order valence-electron chi connectivity index (χ4n) is 0.943. The molecule has 3 heteroatoms. The van der Waals surface area contributed by atoms with Crippen LogP contribution >= 0.6 is 0 Å². The molecule has 1 aromatic heterocycles. The Kier molecular flexibility index (Phi) is 2.96. The van der Waals surface area contributed by atoms with Crippen molar-refractivity contribution in [2.45, 2.75) is 19.6 Å². The Bertz CT molecular complexity index is 230. The average Bonchev–Trinajstić information content (AvgIpc) is 2.48. The molecule has 0 saturated heterocycles. The monoisotopic (exact) mass is 150 g/mol. The van der Waals surface area contributed by atoms with E-state index in [0.29, 0.717) is 5.76 Å². The molecule has 1 rings (SSSR count). The first-order chi connectivity index (χ1) is 5.36. The Hall–Kier alpha value is -0.985. The first-order valence-corrected chi connectivity index (χ1v) is 3.90. The molecular formula is C8H11BO2. The average molecular weight is 150 g/mol. The van der Waals surface area contributed by atoms with Crippen LogP contribution in [0.25, 0.3) is 0 Å². The van der Waals surface area contributed by atoms with Gasteiger partial charge in [-0.05, 0) is 18.6 Å². The number of aryl methyl sites for hydroxylation is 1. The van der Waals surface area contributed by atoms with Crippen LogP contribution in [0, 0.1) is 0 Å². The van der Waals surface area contributed by atoms with Gasteiger partial charge in [-0.15, -0.1) is 0 Å². The summed E-state index contributed by atoms with van der Waals surface area (Å²) in [6.45, 7) is 2.13. The van der Waals surface area contributed by atoms with E-state index in [4.69, 9.17) is 4.42 Å². The zero-order valence-corrected chi connectivity index (χ0v) is 6.67. The van der Waals surface area contributed by atoms with Crippen molar-refractivity contribution in [1.82, 2.24) is 0 Å². The molecule has 0 aromatic carbocycles. The van der Waals surface area contributed by atoms with Crippen LogP contribution in [-0.2, 0) is 6.42 Å². The predicted octanol–water partition coefficient (Wildman–Crippen LogP) is 1.54. The molecule has 58 valence electrons. The van der Waals surface area contributed by atoms with Gasteiger partial charge in [-0.3, -0.25) is 4.79 Å². The Morgan fingerprint density at radius 1 is 1.64 bits per heavy atom. The minimum atomic E-state index is 0.427. The fraction of sp³-hybridized carbons (Fsp3) is 0.375. The van der Waals surface area contributed by atoms with Crippen molar-refractivity contribution < 1.29 is 9.21 Å². The largest absolute Gasteiger partial charge is 0.458 e. The lowest BCUT2D eigenvalue weighted by Gasteiger charge is -1.90. The Labute approximate surface area is 66.8 Å². The summed E-state index contributed by atoms with van der Waals surface area (Å²) in [5.41, 5.74) is 0. The van der Waals surface area contributed by atoms with E-state index in [1.165, 1.54) is 0 Å². The SMILES string of the molecule is CBCCc1ccc(C=O)o1. The number of carbonyl (C=O) groups excluding carboxylic acids is 1. The van der Waals surface area contributed by atoms with Crippen LogP contribution in [0.3, 0.4) is 0 Å². The molecule has 0 aliphatic heterocycles. The number of carbonyl (C=O) groups is 1. The van der Waals surface area contributed by atoms with Gasteiger partial charge in [0.25, 0.3) is 0 Å². The van der Waals surface area contributed by atoms with E-state index in [-0.39, 0.29) is 0 Å².